The van der Waals surface area contributed by atoms with E-state index in [1.54, 1.807) is 6.92 Å². The highest BCUT2D eigenvalue weighted by molar-refractivity contribution is 5.73. The van der Waals surface area contributed by atoms with Crippen molar-refractivity contribution in [1.82, 2.24) is 0 Å². The summed E-state index contributed by atoms with van der Waals surface area (Å²) in [4.78, 5) is 29.6. The molecule has 1 unspecified atom stereocenters. The van der Waals surface area contributed by atoms with Crippen molar-refractivity contribution in [2.75, 3.05) is 0 Å². The van der Waals surface area contributed by atoms with Crippen LogP contribution in [0.15, 0.2) is 0 Å². The van der Waals surface area contributed by atoms with Crippen LogP contribution in [0.25, 0.3) is 0 Å². The average molecular weight is 174 g/mol. The summed E-state index contributed by atoms with van der Waals surface area (Å²) >= 11 is 0. The van der Waals surface area contributed by atoms with Crippen LogP contribution in [0.1, 0.15) is 27.7 Å². The second kappa shape index (κ2) is 4.74. The molecular formula is C8H14O4. The summed E-state index contributed by atoms with van der Waals surface area (Å²) in [5, 5.41) is 0. The third-order valence-electron chi connectivity index (χ3n) is 1.61. The summed E-state index contributed by atoms with van der Waals surface area (Å²) < 4.78 is 0. The van der Waals surface area contributed by atoms with Crippen LogP contribution >= 0.6 is 0 Å². The van der Waals surface area contributed by atoms with Crippen molar-refractivity contribution in [3.8, 4) is 0 Å². The fourth-order valence-electron chi connectivity index (χ4n) is 0.448. The molecule has 0 aromatic heterocycles. The lowest BCUT2D eigenvalue weighted by Crippen LogP contribution is -2.20. The van der Waals surface area contributed by atoms with E-state index in [1.165, 1.54) is 6.92 Å². The zero-order valence-corrected chi connectivity index (χ0v) is 7.79. The van der Waals surface area contributed by atoms with E-state index in [4.69, 9.17) is 0 Å². The van der Waals surface area contributed by atoms with Crippen molar-refractivity contribution in [2.45, 2.75) is 27.7 Å². The van der Waals surface area contributed by atoms with Gasteiger partial charge >= 0.3 is 11.9 Å². The highest BCUT2D eigenvalue weighted by Gasteiger charge is 2.19. The first-order valence-corrected chi connectivity index (χ1v) is 3.84. The molecule has 0 rings (SSSR count). The van der Waals surface area contributed by atoms with E-state index in [9.17, 15) is 9.59 Å². The van der Waals surface area contributed by atoms with Crippen LogP contribution in [0.3, 0.4) is 0 Å². The summed E-state index contributed by atoms with van der Waals surface area (Å²) in [7, 11) is 0. The molecule has 0 amide bonds. The van der Waals surface area contributed by atoms with Crippen LogP contribution in [-0.2, 0) is 19.4 Å². The highest BCUT2D eigenvalue weighted by Crippen LogP contribution is 2.11. The van der Waals surface area contributed by atoms with E-state index < -0.39 is 11.9 Å². The van der Waals surface area contributed by atoms with Crippen LogP contribution in [0.4, 0.5) is 0 Å². The lowest BCUT2D eigenvalue weighted by Gasteiger charge is -2.11. The van der Waals surface area contributed by atoms with Gasteiger partial charge in [0.15, 0.2) is 0 Å². The smallest absolute Gasteiger partial charge is 0.248 e. The zero-order valence-electron chi connectivity index (χ0n) is 7.79. The molecule has 0 aliphatic rings. The summed E-state index contributed by atoms with van der Waals surface area (Å²) in [6, 6.07) is 0. The van der Waals surface area contributed by atoms with Crippen LogP contribution < -0.4 is 0 Å². The molecule has 0 spiro atoms. The van der Waals surface area contributed by atoms with Crippen molar-refractivity contribution in [2.24, 2.45) is 11.8 Å². The summed E-state index contributed by atoms with van der Waals surface area (Å²) in [5.74, 6) is -1.23. The molecule has 0 bridgehead atoms. The first kappa shape index (κ1) is 10.9. The minimum Gasteiger partial charge on any atom is -0.248 e. The minimum absolute atomic E-state index is 0.174. The summed E-state index contributed by atoms with van der Waals surface area (Å²) in [5.41, 5.74) is 0. The molecule has 70 valence electrons. The molecule has 12 heavy (non-hydrogen) atoms. The molecule has 0 radical (unpaired) electrons. The van der Waals surface area contributed by atoms with Gasteiger partial charge in [-0.05, 0) is 5.92 Å². The lowest BCUT2D eigenvalue weighted by atomic mass is 9.99. The first-order chi connectivity index (χ1) is 5.45. The Morgan fingerprint density at radius 3 is 1.92 bits per heavy atom. The third-order valence-corrected chi connectivity index (χ3v) is 1.61. The molecule has 0 aromatic rings. The van der Waals surface area contributed by atoms with Crippen molar-refractivity contribution >= 4 is 11.9 Å². The van der Waals surface area contributed by atoms with Crippen LogP contribution in [0, 0.1) is 11.8 Å². The maximum Gasteiger partial charge on any atom is 0.358 e. The van der Waals surface area contributed by atoms with E-state index in [0.29, 0.717) is 0 Å². The second-order valence-corrected chi connectivity index (χ2v) is 3.01. The van der Waals surface area contributed by atoms with Gasteiger partial charge in [-0.15, -0.1) is 0 Å². The molecule has 4 nitrogen and oxygen atoms in total. The van der Waals surface area contributed by atoms with E-state index >= 15 is 0 Å². The number of carbonyl (C=O) groups is 2. The molecule has 0 aliphatic heterocycles. The molecule has 0 saturated heterocycles. The number of hydrogen-bond donors (Lipinski definition) is 0. The summed E-state index contributed by atoms with van der Waals surface area (Å²) in [6.07, 6.45) is 0. The van der Waals surface area contributed by atoms with Gasteiger partial charge in [0.2, 0.25) is 0 Å². The standard InChI is InChI=1S/C8H14O4/c1-5(2)6(3)8(10)12-11-7(4)9/h5-6H,1-4H3. The molecule has 0 N–H and O–H groups in total. The van der Waals surface area contributed by atoms with Gasteiger partial charge in [0.05, 0.1) is 5.92 Å². The Morgan fingerprint density at radius 2 is 1.58 bits per heavy atom. The maximum absolute atomic E-state index is 11.0. The predicted molar refractivity (Wildman–Crippen MR) is 41.9 cm³/mol. The molecule has 4 heteroatoms. The fraction of sp³-hybridized carbons (Fsp3) is 0.750. The largest absolute Gasteiger partial charge is 0.358 e. The Bertz CT molecular complexity index is 174. The van der Waals surface area contributed by atoms with Crippen molar-refractivity contribution in [3.63, 3.8) is 0 Å². The maximum atomic E-state index is 11.0. The van der Waals surface area contributed by atoms with Crippen LogP contribution in [0.5, 0.6) is 0 Å². The van der Waals surface area contributed by atoms with Crippen molar-refractivity contribution < 1.29 is 19.4 Å². The first-order valence-electron chi connectivity index (χ1n) is 3.84. The molecule has 1 atom stereocenters. The third kappa shape index (κ3) is 3.95. The lowest BCUT2D eigenvalue weighted by molar-refractivity contribution is -0.261. The van der Waals surface area contributed by atoms with Gasteiger partial charge in [-0.2, -0.15) is 0 Å². The SMILES string of the molecule is CC(=O)OOC(=O)C(C)C(C)C. The fourth-order valence-corrected chi connectivity index (χ4v) is 0.448. The van der Waals surface area contributed by atoms with E-state index in [-0.39, 0.29) is 11.8 Å². The van der Waals surface area contributed by atoms with Crippen molar-refractivity contribution in [3.05, 3.63) is 0 Å². The van der Waals surface area contributed by atoms with Gasteiger partial charge in [0, 0.05) is 6.92 Å². The van der Waals surface area contributed by atoms with Crippen LogP contribution in [-0.4, -0.2) is 11.9 Å². The molecule has 0 heterocycles. The Kier molecular flexibility index (Phi) is 4.33. The average Bonchev–Trinajstić information content (AvgIpc) is 1.98. The Morgan fingerprint density at radius 1 is 1.08 bits per heavy atom. The molecule has 0 aromatic carbocycles. The zero-order chi connectivity index (χ0) is 9.72. The Balaban J connectivity index is 3.80. The second-order valence-electron chi connectivity index (χ2n) is 3.01. The quantitative estimate of drug-likeness (QED) is 0.467. The van der Waals surface area contributed by atoms with Gasteiger partial charge < -0.3 is 0 Å². The molecule has 0 aliphatic carbocycles. The van der Waals surface area contributed by atoms with Gasteiger partial charge in [-0.25, -0.2) is 19.4 Å². The Hall–Kier alpha value is -1.06. The van der Waals surface area contributed by atoms with Gasteiger partial charge in [-0.1, -0.05) is 20.8 Å². The van der Waals surface area contributed by atoms with E-state index in [1.807, 2.05) is 13.8 Å². The van der Waals surface area contributed by atoms with Crippen LogP contribution in [0.2, 0.25) is 0 Å². The molecular weight excluding hydrogens is 160 g/mol. The van der Waals surface area contributed by atoms with E-state index in [0.717, 1.165) is 0 Å². The van der Waals surface area contributed by atoms with E-state index in [2.05, 4.69) is 9.78 Å². The molecule has 0 fully saturated rings. The van der Waals surface area contributed by atoms with Gasteiger partial charge in [0.25, 0.3) is 0 Å². The Labute approximate surface area is 71.8 Å². The topological polar surface area (TPSA) is 52.6 Å². The monoisotopic (exact) mass is 174 g/mol. The number of rotatable bonds is 2. The van der Waals surface area contributed by atoms with Crippen molar-refractivity contribution in [1.29, 1.82) is 0 Å². The van der Waals surface area contributed by atoms with Gasteiger partial charge in [0.1, 0.15) is 0 Å². The number of carbonyl (C=O) groups excluding carboxylic acids is 2. The number of hydrogen-bond acceptors (Lipinski definition) is 4. The van der Waals surface area contributed by atoms with Gasteiger partial charge in [-0.3, -0.25) is 0 Å². The summed E-state index contributed by atoms with van der Waals surface area (Å²) in [6.45, 7) is 6.67. The molecule has 0 saturated carbocycles. The predicted octanol–water partition coefficient (Wildman–Crippen LogP) is 1.30. The highest BCUT2D eigenvalue weighted by atomic mass is 17.2. The normalized spacial score (nSPS) is 12.4. The minimum atomic E-state index is -0.626.